The van der Waals surface area contributed by atoms with Crippen LogP contribution in [0.3, 0.4) is 0 Å². The minimum Gasteiger partial charge on any atom is -0.481 e. The Labute approximate surface area is 132 Å². The maximum Gasteiger partial charge on any atom is 0.407 e. The molecule has 0 fully saturated rings. The van der Waals surface area contributed by atoms with Gasteiger partial charge in [-0.3, -0.25) is 4.79 Å². The molecule has 5 nitrogen and oxygen atoms in total. The van der Waals surface area contributed by atoms with Crippen molar-refractivity contribution in [3.63, 3.8) is 0 Å². The molecule has 0 aromatic heterocycles. The Bertz CT molecular complexity index is 511. The number of nitrogens with one attached hydrogen (secondary N) is 1. The number of hydrogen-bond acceptors (Lipinski definition) is 3. The van der Waals surface area contributed by atoms with Gasteiger partial charge in [-0.1, -0.05) is 34.1 Å². The Kier molecular flexibility index (Phi) is 6.20. The van der Waals surface area contributed by atoms with Gasteiger partial charge in [-0.05, 0) is 38.8 Å². The molecule has 116 valence electrons. The zero-order chi connectivity index (χ0) is 16.0. The molecule has 0 aliphatic carbocycles. The highest BCUT2D eigenvalue weighted by molar-refractivity contribution is 9.10. The third kappa shape index (κ3) is 7.13. The molecule has 1 rings (SSSR count). The van der Waals surface area contributed by atoms with E-state index in [0.29, 0.717) is 6.42 Å². The number of ether oxygens (including phenoxy) is 1. The predicted octanol–water partition coefficient (Wildman–Crippen LogP) is 3.36. The van der Waals surface area contributed by atoms with E-state index in [1.54, 1.807) is 20.8 Å². The maximum atomic E-state index is 11.8. The van der Waals surface area contributed by atoms with E-state index < -0.39 is 23.7 Å². The first-order chi connectivity index (χ1) is 9.67. The zero-order valence-corrected chi connectivity index (χ0v) is 13.9. The highest BCUT2D eigenvalue weighted by atomic mass is 79.9. The van der Waals surface area contributed by atoms with Crippen LogP contribution in [0.5, 0.6) is 0 Å². The first-order valence-electron chi connectivity index (χ1n) is 6.62. The molecule has 0 saturated heterocycles. The number of aliphatic carboxylic acids is 1. The lowest BCUT2D eigenvalue weighted by atomic mass is 10.0. The van der Waals surface area contributed by atoms with Crippen molar-refractivity contribution in [1.29, 1.82) is 0 Å². The predicted molar refractivity (Wildman–Crippen MR) is 83.3 cm³/mol. The van der Waals surface area contributed by atoms with Crippen LogP contribution in [0.25, 0.3) is 0 Å². The number of carboxylic acids is 1. The molecule has 21 heavy (non-hydrogen) atoms. The van der Waals surface area contributed by atoms with E-state index in [1.807, 2.05) is 24.3 Å². The molecule has 1 amide bonds. The van der Waals surface area contributed by atoms with Crippen LogP contribution in [0.1, 0.15) is 32.8 Å². The Balaban J connectivity index is 2.75. The lowest BCUT2D eigenvalue weighted by molar-refractivity contribution is -0.137. The molecule has 1 aromatic carbocycles. The number of carboxylic acid groups (broad SMARTS) is 1. The van der Waals surface area contributed by atoms with Crippen molar-refractivity contribution in [2.24, 2.45) is 0 Å². The van der Waals surface area contributed by atoms with Gasteiger partial charge in [-0.2, -0.15) is 0 Å². The van der Waals surface area contributed by atoms with E-state index in [2.05, 4.69) is 21.2 Å². The summed E-state index contributed by atoms with van der Waals surface area (Å²) in [6.45, 7) is 5.27. The smallest absolute Gasteiger partial charge is 0.407 e. The summed E-state index contributed by atoms with van der Waals surface area (Å²) in [7, 11) is 0. The Morgan fingerprint density at radius 3 is 2.48 bits per heavy atom. The summed E-state index contributed by atoms with van der Waals surface area (Å²) in [4.78, 5) is 22.7. The third-order valence-corrected chi connectivity index (χ3v) is 3.34. The summed E-state index contributed by atoms with van der Waals surface area (Å²) in [5.41, 5.74) is 0.311. The van der Waals surface area contributed by atoms with Crippen LogP contribution in [0, 0.1) is 0 Å². The number of carbonyl (C=O) groups is 2. The monoisotopic (exact) mass is 357 g/mol. The molecule has 0 bridgehead atoms. The zero-order valence-electron chi connectivity index (χ0n) is 12.4. The van der Waals surface area contributed by atoms with Crippen LogP contribution >= 0.6 is 15.9 Å². The van der Waals surface area contributed by atoms with Gasteiger partial charge >= 0.3 is 12.1 Å². The summed E-state index contributed by atoms with van der Waals surface area (Å²) < 4.78 is 6.04. The highest BCUT2D eigenvalue weighted by Crippen LogP contribution is 2.18. The second-order valence-electron chi connectivity index (χ2n) is 5.74. The molecule has 6 heteroatoms. The molecule has 0 radical (unpaired) electrons. The number of amides is 1. The standard InChI is InChI=1S/C15H20BrNO4/c1-15(2,3)21-14(20)17-11(9-13(18)19)8-10-6-4-5-7-12(10)16/h4-7,11H,8-9H2,1-3H3,(H,17,20)(H,18,19). The number of halogens is 1. The van der Waals surface area contributed by atoms with Gasteiger partial charge < -0.3 is 15.2 Å². The van der Waals surface area contributed by atoms with Crippen LogP contribution in [0.4, 0.5) is 4.79 Å². The van der Waals surface area contributed by atoms with E-state index >= 15 is 0 Å². The van der Waals surface area contributed by atoms with Gasteiger partial charge in [0.05, 0.1) is 6.42 Å². The molecule has 0 saturated carbocycles. The summed E-state index contributed by atoms with van der Waals surface area (Å²) in [6, 6.07) is 6.97. The van der Waals surface area contributed by atoms with E-state index in [9.17, 15) is 9.59 Å². The van der Waals surface area contributed by atoms with E-state index in [4.69, 9.17) is 9.84 Å². The van der Waals surface area contributed by atoms with E-state index in [0.717, 1.165) is 10.0 Å². The summed E-state index contributed by atoms with van der Waals surface area (Å²) in [5, 5.41) is 11.6. The minimum absolute atomic E-state index is 0.166. The average Bonchev–Trinajstić information content (AvgIpc) is 2.28. The molecule has 2 N–H and O–H groups in total. The summed E-state index contributed by atoms with van der Waals surface area (Å²) in [5.74, 6) is -0.969. The topological polar surface area (TPSA) is 75.6 Å². The molecule has 0 aliphatic heterocycles. The van der Waals surface area contributed by atoms with Crippen molar-refractivity contribution in [3.8, 4) is 0 Å². The van der Waals surface area contributed by atoms with E-state index in [-0.39, 0.29) is 6.42 Å². The number of alkyl carbamates (subject to hydrolysis) is 1. The molecule has 1 atom stereocenters. The number of benzene rings is 1. The lowest BCUT2D eigenvalue weighted by Gasteiger charge is -2.23. The van der Waals surface area contributed by atoms with Crippen LogP contribution < -0.4 is 5.32 Å². The fourth-order valence-electron chi connectivity index (χ4n) is 1.79. The fourth-order valence-corrected chi connectivity index (χ4v) is 2.24. The van der Waals surface area contributed by atoms with Gasteiger partial charge in [0.1, 0.15) is 5.60 Å². The van der Waals surface area contributed by atoms with Crippen molar-refractivity contribution >= 4 is 28.0 Å². The van der Waals surface area contributed by atoms with Gasteiger partial charge in [0.15, 0.2) is 0 Å². The van der Waals surface area contributed by atoms with Gasteiger partial charge in [0.25, 0.3) is 0 Å². The van der Waals surface area contributed by atoms with E-state index in [1.165, 1.54) is 0 Å². The fraction of sp³-hybridized carbons (Fsp3) is 0.467. The second kappa shape index (κ2) is 7.45. The van der Waals surface area contributed by atoms with Crippen molar-refractivity contribution in [3.05, 3.63) is 34.3 Å². The molecule has 0 spiro atoms. The van der Waals surface area contributed by atoms with Gasteiger partial charge in [-0.25, -0.2) is 4.79 Å². The highest BCUT2D eigenvalue weighted by Gasteiger charge is 2.22. The van der Waals surface area contributed by atoms with Crippen molar-refractivity contribution < 1.29 is 19.4 Å². The Hall–Kier alpha value is -1.56. The minimum atomic E-state index is -0.969. The molecular formula is C15H20BrNO4. The quantitative estimate of drug-likeness (QED) is 0.846. The number of hydrogen-bond donors (Lipinski definition) is 2. The molecule has 1 unspecified atom stereocenters. The molecular weight excluding hydrogens is 338 g/mol. The first-order valence-corrected chi connectivity index (χ1v) is 7.41. The van der Waals surface area contributed by atoms with Crippen LogP contribution in [0.2, 0.25) is 0 Å². The Morgan fingerprint density at radius 2 is 1.95 bits per heavy atom. The summed E-state index contributed by atoms with van der Waals surface area (Å²) >= 11 is 3.41. The van der Waals surface area contributed by atoms with Crippen molar-refractivity contribution in [2.45, 2.75) is 45.3 Å². The maximum absolute atomic E-state index is 11.8. The average molecular weight is 358 g/mol. The second-order valence-corrected chi connectivity index (χ2v) is 6.59. The third-order valence-electron chi connectivity index (χ3n) is 2.57. The van der Waals surface area contributed by atoms with Gasteiger partial charge in [-0.15, -0.1) is 0 Å². The van der Waals surface area contributed by atoms with Crippen LogP contribution in [-0.2, 0) is 16.0 Å². The SMILES string of the molecule is CC(C)(C)OC(=O)NC(CC(=O)O)Cc1ccccc1Br. The number of carbonyl (C=O) groups excluding carboxylic acids is 1. The normalized spacial score (nSPS) is 12.6. The van der Waals surface area contributed by atoms with Crippen molar-refractivity contribution in [1.82, 2.24) is 5.32 Å². The summed E-state index contributed by atoms with van der Waals surface area (Å²) in [6.07, 6.45) is -0.367. The molecule has 0 aliphatic rings. The van der Waals surface area contributed by atoms with Gasteiger partial charge in [0.2, 0.25) is 0 Å². The van der Waals surface area contributed by atoms with Gasteiger partial charge in [0, 0.05) is 10.5 Å². The molecule has 0 heterocycles. The number of rotatable bonds is 5. The van der Waals surface area contributed by atoms with Crippen LogP contribution in [-0.4, -0.2) is 28.8 Å². The Morgan fingerprint density at radius 1 is 1.33 bits per heavy atom. The molecule has 1 aromatic rings. The lowest BCUT2D eigenvalue weighted by Crippen LogP contribution is -2.41. The largest absolute Gasteiger partial charge is 0.481 e. The van der Waals surface area contributed by atoms with Crippen molar-refractivity contribution in [2.75, 3.05) is 0 Å². The van der Waals surface area contributed by atoms with Crippen LogP contribution in [0.15, 0.2) is 28.7 Å². The first kappa shape index (κ1) is 17.5.